The molecule has 0 aliphatic carbocycles. The number of rotatable bonds is 13. The summed E-state index contributed by atoms with van der Waals surface area (Å²) >= 11 is 12.3. The Morgan fingerprint density at radius 2 is 1.81 bits per heavy atom. The highest BCUT2D eigenvalue weighted by atomic mass is 35.5. The lowest BCUT2D eigenvalue weighted by Gasteiger charge is -2.43. The number of aliphatic hydroxyl groups is 1. The lowest BCUT2D eigenvalue weighted by atomic mass is 9.76. The minimum Gasteiger partial charge on any atom is -0.493 e. The Kier molecular flexibility index (Phi) is 13.8. The minimum atomic E-state index is -3.82. The zero-order valence-electron chi connectivity index (χ0n) is 27.5. The number of benzene rings is 3. The molecule has 5 atom stereocenters. The van der Waals surface area contributed by atoms with E-state index in [0.29, 0.717) is 69.7 Å². The molecule has 9 nitrogen and oxygen atoms in total. The van der Waals surface area contributed by atoms with E-state index in [1.807, 2.05) is 30.3 Å². The van der Waals surface area contributed by atoms with Crippen molar-refractivity contribution in [1.82, 2.24) is 10.2 Å². The topological polar surface area (TPSA) is 123 Å². The fourth-order valence-corrected chi connectivity index (χ4v) is 7.77. The second-order valence-corrected chi connectivity index (χ2v) is 14.4. The summed E-state index contributed by atoms with van der Waals surface area (Å²) in [6.07, 6.45) is 2.93. The third-order valence-electron chi connectivity index (χ3n) is 9.16. The summed E-state index contributed by atoms with van der Waals surface area (Å²) in [4.78, 5) is 2.59. The SMILES string of the molecule is CCOC[C@@H]1[C@@H](c2ccc(Cl)c(Cl)c2)C[C@@H]2CC[C@H]1N2C.COc1ccccc1OCCNCC(O)c1ccc(C)c(S(N)(=O)=O)c1. The monoisotopic (exact) mass is 707 g/mol. The van der Waals surface area contributed by atoms with Crippen LogP contribution in [0.5, 0.6) is 11.5 Å². The molecule has 3 aromatic rings. The zero-order chi connectivity index (χ0) is 34.1. The Morgan fingerprint density at radius 3 is 2.49 bits per heavy atom. The molecule has 0 saturated carbocycles. The lowest BCUT2D eigenvalue weighted by Crippen LogP contribution is -2.47. The van der Waals surface area contributed by atoms with Crippen LogP contribution in [0.3, 0.4) is 0 Å². The van der Waals surface area contributed by atoms with Crippen LogP contribution in [0.15, 0.2) is 65.6 Å². The van der Waals surface area contributed by atoms with E-state index in [2.05, 4.69) is 36.3 Å². The van der Waals surface area contributed by atoms with Crippen LogP contribution in [-0.4, -0.2) is 77.6 Å². The molecule has 3 aromatic carbocycles. The van der Waals surface area contributed by atoms with Gasteiger partial charge in [0, 0.05) is 37.7 Å². The number of nitrogens with zero attached hydrogens (tertiary/aromatic N) is 1. The summed E-state index contributed by atoms with van der Waals surface area (Å²) in [5.74, 6) is 2.38. The van der Waals surface area contributed by atoms with Crippen LogP contribution in [0.25, 0.3) is 0 Å². The average Bonchev–Trinajstić information content (AvgIpc) is 3.28. The number of hydrogen-bond acceptors (Lipinski definition) is 8. The van der Waals surface area contributed by atoms with Crippen molar-refractivity contribution in [1.29, 1.82) is 0 Å². The third-order valence-corrected chi connectivity index (χ3v) is 11.0. The average molecular weight is 709 g/mol. The van der Waals surface area contributed by atoms with Crippen molar-refractivity contribution < 1.29 is 27.7 Å². The molecule has 0 radical (unpaired) electrons. The van der Waals surface area contributed by atoms with E-state index in [4.69, 9.17) is 42.6 Å². The molecule has 1 unspecified atom stereocenters. The minimum absolute atomic E-state index is 0.0218. The van der Waals surface area contributed by atoms with E-state index in [1.165, 1.54) is 30.9 Å². The van der Waals surface area contributed by atoms with E-state index in [-0.39, 0.29) is 11.4 Å². The number of para-hydroxylation sites is 2. The van der Waals surface area contributed by atoms with E-state index >= 15 is 0 Å². The highest BCUT2D eigenvalue weighted by molar-refractivity contribution is 7.89. The van der Waals surface area contributed by atoms with Crippen LogP contribution >= 0.6 is 23.2 Å². The second-order valence-electron chi connectivity index (χ2n) is 12.1. The van der Waals surface area contributed by atoms with Gasteiger partial charge in [-0.05, 0) is 93.1 Å². The zero-order valence-corrected chi connectivity index (χ0v) is 29.8. The van der Waals surface area contributed by atoms with Gasteiger partial charge in [-0.15, -0.1) is 0 Å². The molecule has 2 heterocycles. The van der Waals surface area contributed by atoms with Crippen molar-refractivity contribution in [2.75, 3.05) is 47.1 Å². The maximum absolute atomic E-state index is 11.6. The van der Waals surface area contributed by atoms with Gasteiger partial charge in [0.05, 0.1) is 34.8 Å². The first kappa shape index (κ1) is 37.4. The number of nitrogens with two attached hydrogens (primary N) is 1. The molecule has 12 heteroatoms. The predicted molar refractivity (Wildman–Crippen MR) is 187 cm³/mol. The van der Waals surface area contributed by atoms with Crippen LogP contribution in [-0.2, 0) is 14.8 Å². The van der Waals surface area contributed by atoms with Gasteiger partial charge < -0.3 is 29.5 Å². The summed E-state index contributed by atoms with van der Waals surface area (Å²) in [5, 5.41) is 19.8. The first-order valence-corrected chi connectivity index (χ1v) is 18.3. The standard InChI is InChI=1S/C18H24N2O5S.C17H23Cl2NO/c1-13-7-8-14(11-18(13)26(19,22)23)15(21)12-20-9-10-25-17-6-4-3-5-16(17)24-2;1-3-21-10-14-13(9-12-5-7-17(14)20(12)2)11-4-6-15(18)16(19)8-11/h3-8,11,15,20-21H,9-10,12H2,1-2H3,(H2,19,22,23);4,6,8,12-14,17H,3,5,7,9-10H2,1-2H3/t;12-,13+,14+,17+/m.0/s1. The number of primary sulfonamides is 1. The van der Waals surface area contributed by atoms with Crippen molar-refractivity contribution in [3.63, 3.8) is 0 Å². The van der Waals surface area contributed by atoms with Crippen LogP contribution in [0.1, 0.15) is 54.9 Å². The fraction of sp³-hybridized carbons (Fsp3) is 0.486. The fourth-order valence-electron chi connectivity index (χ4n) is 6.64. The quantitative estimate of drug-likeness (QED) is 0.186. The van der Waals surface area contributed by atoms with Crippen LogP contribution in [0.4, 0.5) is 0 Å². The molecule has 5 rings (SSSR count). The molecule has 2 fully saturated rings. The summed E-state index contributed by atoms with van der Waals surface area (Å²) in [6.45, 7) is 6.49. The summed E-state index contributed by atoms with van der Waals surface area (Å²) in [5.41, 5.74) is 2.35. The molecule has 0 aromatic heterocycles. The first-order valence-electron chi connectivity index (χ1n) is 16.0. The van der Waals surface area contributed by atoms with Gasteiger partial charge in [0.2, 0.25) is 10.0 Å². The number of aryl methyl sites for hydroxylation is 1. The first-order chi connectivity index (χ1) is 22.4. The van der Waals surface area contributed by atoms with Crippen LogP contribution < -0.4 is 19.9 Å². The van der Waals surface area contributed by atoms with Gasteiger partial charge >= 0.3 is 0 Å². The van der Waals surface area contributed by atoms with Crippen molar-refractivity contribution >= 4 is 33.2 Å². The molecule has 47 heavy (non-hydrogen) atoms. The molecule has 2 saturated heterocycles. The number of ether oxygens (including phenoxy) is 3. The third kappa shape index (κ3) is 9.83. The predicted octanol–water partition coefficient (Wildman–Crippen LogP) is 5.95. The number of hydrogen-bond donors (Lipinski definition) is 3. The van der Waals surface area contributed by atoms with Gasteiger partial charge in [0.15, 0.2) is 11.5 Å². The van der Waals surface area contributed by atoms with Gasteiger partial charge in [-0.2, -0.15) is 0 Å². The normalized spacial score (nSPS) is 21.5. The molecule has 2 bridgehead atoms. The number of sulfonamides is 1. The molecule has 2 aliphatic heterocycles. The van der Waals surface area contributed by atoms with Crippen molar-refractivity contribution in [3.05, 3.63) is 87.4 Å². The molecular weight excluding hydrogens is 661 g/mol. The molecule has 0 amide bonds. The van der Waals surface area contributed by atoms with E-state index in [0.717, 1.165) is 13.2 Å². The number of fused-ring (bicyclic) bond motifs is 2. The maximum atomic E-state index is 11.6. The summed E-state index contributed by atoms with van der Waals surface area (Å²) < 4.78 is 39.8. The van der Waals surface area contributed by atoms with Crippen molar-refractivity contribution in [2.45, 2.75) is 62.1 Å². The van der Waals surface area contributed by atoms with E-state index in [9.17, 15) is 13.5 Å². The summed E-state index contributed by atoms with van der Waals surface area (Å²) in [7, 11) is 0.0284. The largest absolute Gasteiger partial charge is 0.493 e. The number of aliphatic hydroxyl groups excluding tert-OH is 1. The highest BCUT2D eigenvalue weighted by Crippen LogP contribution is 2.47. The lowest BCUT2D eigenvalue weighted by molar-refractivity contribution is 0.0253. The molecule has 2 aliphatic rings. The van der Waals surface area contributed by atoms with Crippen molar-refractivity contribution in [3.8, 4) is 11.5 Å². The van der Waals surface area contributed by atoms with Gasteiger partial charge in [-0.1, -0.05) is 53.5 Å². The van der Waals surface area contributed by atoms with Crippen molar-refractivity contribution in [2.24, 2.45) is 11.1 Å². The van der Waals surface area contributed by atoms with E-state index < -0.39 is 16.1 Å². The Bertz CT molecular complexity index is 1580. The smallest absolute Gasteiger partial charge is 0.238 e. The molecule has 4 N–H and O–H groups in total. The Labute approximate surface area is 289 Å². The van der Waals surface area contributed by atoms with E-state index in [1.54, 1.807) is 26.2 Å². The number of nitrogens with one attached hydrogen (secondary N) is 1. The van der Waals surface area contributed by atoms with Gasteiger partial charge in [-0.25, -0.2) is 13.6 Å². The number of piperidine rings is 1. The van der Waals surface area contributed by atoms with Crippen LogP contribution in [0.2, 0.25) is 10.0 Å². The number of halogens is 2. The highest BCUT2D eigenvalue weighted by Gasteiger charge is 2.45. The molecular formula is C35H47Cl2N3O6S. The Morgan fingerprint density at radius 1 is 1.06 bits per heavy atom. The number of methoxy groups -OCH3 is 1. The van der Waals surface area contributed by atoms with Gasteiger partial charge in [0.25, 0.3) is 0 Å². The maximum Gasteiger partial charge on any atom is 0.238 e. The Hall–Kier alpha value is -2.41. The second kappa shape index (κ2) is 17.3. The molecule has 258 valence electrons. The van der Waals surface area contributed by atoms with Crippen LogP contribution in [0, 0.1) is 12.8 Å². The molecule has 0 spiro atoms. The van der Waals surface area contributed by atoms with Gasteiger partial charge in [-0.3, -0.25) is 0 Å². The Balaban J connectivity index is 0.000000217. The summed E-state index contributed by atoms with van der Waals surface area (Å²) in [6, 6.07) is 19.5. The van der Waals surface area contributed by atoms with Gasteiger partial charge in [0.1, 0.15) is 6.61 Å².